The highest BCUT2D eigenvalue weighted by Gasteiger charge is 2.07. The Hall–Kier alpha value is -2.51. The summed E-state index contributed by atoms with van der Waals surface area (Å²) in [5.74, 6) is 0. The fourth-order valence-corrected chi connectivity index (χ4v) is 2.98. The van der Waals surface area contributed by atoms with Crippen molar-refractivity contribution in [3.63, 3.8) is 0 Å². The molecule has 2 aromatic heterocycles. The summed E-state index contributed by atoms with van der Waals surface area (Å²) in [6.45, 7) is 4.85. The maximum atomic E-state index is 9.06. The molecule has 2 heterocycles. The Labute approximate surface area is 137 Å². The molecule has 118 valence electrons. The van der Waals surface area contributed by atoms with Crippen LogP contribution in [0.1, 0.15) is 23.4 Å². The predicted octanol–water partition coefficient (Wildman–Crippen LogP) is 3.34. The van der Waals surface area contributed by atoms with E-state index in [1.807, 2.05) is 17.7 Å². The number of rotatable bonds is 6. The van der Waals surface area contributed by atoms with Crippen molar-refractivity contribution in [2.75, 3.05) is 6.54 Å². The molecule has 0 aliphatic heterocycles. The van der Waals surface area contributed by atoms with Crippen LogP contribution in [0.5, 0.6) is 0 Å². The van der Waals surface area contributed by atoms with Gasteiger partial charge in [-0.3, -0.25) is 0 Å². The number of nitrogens with one attached hydrogen (secondary N) is 1. The summed E-state index contributed by atoms with van der Waals surface area (Å²) in [7, 11) is 1.94. The van der Waals surface area contributed by atoms with Crippen molar-refractivity contribution in [1.82, 2.24) is 14.5 Å². The molecule has 0 amide bonds. The largest absolute Gasteiger partial charge is 0.347 e. The lowest BCUT2D eigenvalue weighted by Gasteiger charge is -2.07. The minimum absolute atomic E-state index is 0.720. The third kappa shape index (κ3) is 3.15. The van der Waals surface area contributed by atoms with Gasteiger partial charge in [0.1, 0.15) is 11.8 Å². The van der Waals surface area contributed by atoms with Crippen LogP contribution in [0.15, 0.2) is 42.6 Å². The molecule has 1 N–H and O–H groups in total. The lowest BCUT2D eigenvalue weighted by molar-refractivity contribution is 0.589. The van der Waals surface area contributed by atoms with Crippen LogP contribution in [-0.4, -0.2) is 15.7 Å². The summed E-state index contributed by atoms with van der Waals surface area (Å²) in [5, 5.41) is 13.8. The van der Waals surface area contributed by atoms with Gasteiger partial charge in [-0.25, -0.2) is 0 Å². The second kappa shape index (κ2) is 6.72. The van der Waals surface area contributed by atoms with Crippen LogP contribution in [0.2, 0.25) is 0 Å². The summed E-state index contributed by atoms with van der Waals surface area (Å²) in [4.78, 5) is 0. The van der Waals surface area contributed by atoms with Gasteiger partial charge in [-0.2, -0.15) is 5.26 Å². The molecule has 3 rings (SSSR count). The Morgan fingerprint density at radius 3 is 2.83 bits per heavy atom. The van der Waals surface area contributed by atoms with Crippen molar-refractivity contribution in [2.45, 2.75) is 26.4 Å². The van der Waals surface area contributed by atoms with Gasteiger partial charge < -0.3 is 14.5 Å². The molecular formula is C19H22N4. The Balaban J connectivity index is 1.50. The molecule has 0 atom stereocenters. The predicted molar refractivity (Wildman–Crippen MR) is 93.1 cm³/mol. The highest BCUT2D eigenvalue weighted by atomic mass is 15.0. The summed E-state index contributed by atoms with van der Waals surface area (Å²) >= 11 is 0. The van der Waals surface area contributed by atoms with E-state index in [0.717, 1.165) is 37.4 Å². The molecule has 0 spiro atoms. The maximum absolute atomic E-state index is 9.06. The maximum Gasteiger partial charge on any atom is 0.120 e. The molecule has 0 unspecified atom stereocenters. The fourth-order valence-electron chi connectivity index (χ4n) is 2.98. The molecule has 0 aliphatic rings. The van der Waals surface area contributed by atoms with E-state index in [1.54, 1.807) is 0 Å². The smallest absolute Gasteiger partial charge is 0.120 e. The number of hydrogen-bond acceptors (Lipinski definition) is 2. The molecule has 0 saturated heterocycles. The van der Waals surface area contributed by atoms with E-state index in [2.05, 4.69) is 59.4 Å². The summed E-state index contributed by atoms with van der Waals surface area (Å²) < 4.78 is 4.25. The summed E-state index contributed by atoms with van der Waals surface area (Å²) in [5.41, 5.74) is 4.38. The normalized spacial score (nSPS) is 11.0. The molecule has 0 aliphatic carbocycles. The van der Waals surface area contributed by atoms with Gasteiger partial charge in [0.15, 0.2) is 0 Å². The first-order chi connectivity index (χ1) is 11.2. The number of nitrogens with zero attached hydrogens (tertiary/aromatic N) is 3. The van der Waals surface area contributed by atoms with E-state index >= 15 is 0 Å². The number of aromatic nitrogens is 2. The second-order valence-electron chi connectivity index (χ2n) is 5.91. The molecule has 1 aromatic carbocycles. The van der Waals surface area contributed by atoms with Gasteiger partial charge in [-0.1, -0.05) is 18.2 Å². The molecule has 0 radical (unpaired) electrons. The van der Waals surface area contributed by atoms with E-state index in [1.165, 1.54) is 16.5 Å². The van der Waals surface area contributed by atoms with Crippen LogP contribution in [0.25, 0.3) is 10.9 Å². The number of fused-ring (bicyclic) bond motifs is 1. The summed E-state index contributed by atoms with van der Waals surface area (Å²) in [6, 6.07) is 14.8. The lowest BCUT2D eigenvalue weighted by atomic mass is 10.2. The highest BCUT2D eigenvalue weighted by Crippen LogP contribution is 2.15. The topological polar surface area (TPSA) is 45.7 Å². The monoisotopic (exact) mass is 306 g/mol. The average Bonchev–Trinajstić information content (AvgIpc) is 3.10. The van der Waals surface area contributed by atoms with Gasteiger partial charge >= 0.3 is 0 Å². The van der Waals surface area contributed by atoms with E-state index in [4.69, 9.17) is 5.26 Å². The SMILES string of the molecule is Cc1c(CNCCCn2ccc3ccccc32)cc(C#N)n1C. The number of aryl methyl sites for hydroxylation is 1. The van der Waals surface area contributed by atoms with Gasteiger partial charge in [0, 0.05) is 37.5 Å². The zero-order valence-electron chi connectivity index (χ0n) is 13.7. The standard InChI is InChI=1S/C19H22N4/c1-15-17(12-18(13-20)22(15)2)14-21-9-5-10-23-11-8-16-6-3-4-7-19(16)23/h3-4,6-8,11-12,21H,5,9-10,14H2,1-2H3. The van der Waals surface area contributed by atoms with Crippen LogP contribution in [0.4, 0.5) is 0 Å². The molecule has 0 saturated carbocycles. The highest BCUT2D eigenvalue weighted by molar-refractivity contribution is 5.79. The van der Waals surface area contributed by atoms with Gasteiger partial charge in [0.05, 0.1) is 0 Å². The van der Waals surface area contributed by atoms with Crippen molar-refractivity contribution in [2.24, 2.45) is 7.05 Å². The van der Waals surface area contributed by atoms with E-state index in [9.17, 15) is 0 Å². The minimum Gasteiger partial charge on any atom is -0.347 e. The van der Waals surface area contributed by atoms with Crippen molar-refractivity contribution < 1.29 is 0 Å². The number of benzene rings is 1. The third-order valence-electron chi connectivity index (χ3n) is 4.50. The molecule has 3 aromatic rings. The number of nitriles is 1. The van der Waals surface area contributed by atoms with Gasteiger partial charge in [0.25, 0.3) is 0 Å². The Bertz CT molecular complexity index is 848. The van der Waals surface area contributed by atoms with Gasteiger partial charge in [-0.05, 0) is 49.0 Å². The fraction of sp³-hybridized carbons (Fsp3) is 0.316. The van der Waals surface area contributed by atoms with Crippen LogP contribution in [-0.2, 0) is 20.1 Å². The van der Waals surface area contributed by atoms with E-state index in [-0.39, 0.29) is 0 Å². The Morgan fingerprint density at radius 1 is 1.22 bits per heavy atom. The Kier molecular flexibility index (Phi) is 4.50. The first kappa shape index (κ1) is 15.4. The molecule has 0 fully saturated rings. The molecule has 0 bridgehead atoms. The molecular weight excluding hydrogens is 284 g/mol. The zero-order valence-corrected chi connectivity index (χ0v) is 13.7. The van der Waals surface area contributed by atoms with Crippen LogP contribution in [0, 0.1) is 18.3 Å². The average molecular weight is 306 g/mol. The van der Waals surface area contributed by atoms with Crippen molar-refractivity contribution in [3.05, 3.63) is 59.5 Å². The van der Waals surface area contributed by atoms with Crippen molar-refractivity contribution in [1.29, 1.82) is 5.26 Å². The van der Waals surface area contributed by atoms with E-state index < -0.39 is 0 Å². The first-order valence-corrected chi connectivity index (χ1v) is 8.00. The van der Waals surface area contributed by atoms with Gasteiger partial charge in [-0.15, -0.1) is 0 Å². The van der Waals surface area contributed by atoms with Crippen LogP contribution < -0.4 is 5.32 Å². The lowest BCUT2D eigenvalue weighted by Crippen LogP contribution is -2.16. The molecule has 4 heteroatoms. The quantitative estimate of drug-likeness (QED) is 0.710. The summed E-state index contributed by atoms with van der Waals surface area (Å²) in [6.07, 6.45) is 3.24. The van der Waals surface area contributed by atoms with E-state index in [0.29, 0.717) is 0 Å². The zero-order chi connectivity index (χ0) is 16.2. The van der Waals surface area contributed by atoms with Crippen molar-refractivity contribution >= 4 is 10.9 Å². The first-order valence-electron chi connectivity index (χ1n) is 8.00. The van der Waals surface area contributed by atoms with Crippen molar-refractivity contribution in [3.8, 4) is 6.07 Å². The molecule has 4 nitrogen and oxygen atoms in total. The Morgan fingerprint density at radius 2 is 2.04 bits per heavy atom. The van der Waals surface area contributed by atoms with Gasteiger partial charge in [0.2, 0.25) is 0 Å². The van der Waals surface area contributed by atoms with Crippen LogP contribution in [0.3, 0.4) is 0 Å². The third-order valence-corrected chi connectivity index (χ3v) is 4.50. The molecule has 23 heavy (non-hydrogen) atoms. The second-order valence-corrected chi connectivity index (χ2v) is 5.91. The minimum atomic E-state index is 0.720. The number of hydrogen-bond donors (Lipinski definition) is 1. The van der Waals surface area contributed by atoms with Crippen LogP contribution >= 0.6 is 0 Å². The number of para-hydroxylation sites is 1.